The molecule has 2 amide bonds. The van der Waals surface area contributed by atoms with Gasteiger partial charge in [0, 0.05) is 30.7 Å². The number of anilines is 1. The first-order valence-electron chi connectivity index (χ1n) is 7.97. The van der Waals surface area contributed by atoms with Gasteiger partial charge in [-0.15, -0.1) is 0 Å². The van der Waals surface area contributed by atoms with Crippen molar-refractivity contribution in [2.24, 2.45) is 0 Å². The van der Waals surface area contributed by atoms with Crippen molar-refractivity contribution in [2.45, 2.75) is 13.1 Å². The minimum absolute atomic E-state index is 0.289. The predicted octanol–water partition coefficient (Wildman–Crippen LogP) is 3.26. The number of urea groups is 1. The molecular weight excluding hydrogens is 316 g/mol. The molecule has 6 heteroatoms. The van der Waals surface area contributed by atoms with E-state index in [1.165, 1.54) is 5.56 Å². The van der Waals surface area contributed by atoms with E-state index in [-0.39, 0.29) is 6.03 Å². The van der Waals surface area contributed by atoms with Crippen LogP contribution in [0, 0.1) is 0 Å². The second-order valence-electron chi connectivity index (χ2n) is 5.50. The molecule has 0 saturated carbocycles. The first-order chi connectivity index (χ1) is 12.2. The number of benzene rings is 2. The normalized spacial score (nSPS) is 10.3. The summed E-state index contributed by atoms with van der Waals surface area (Å²) < 4.78 is 7.16. The summed E-state index contributed by atoms with van der Waals surface area (Å²) in [5.74, 6) is 1.49. The monoisotopic (exact) mass is 336 g/mol. The van der Waals surface area contributed by atoms with Gasteiger partial charge in [-0.25, -0.2) is 9.78 Å². The number of hydrogen-bond donors (Lipinski definition) is 2. The van der Waals surface area contributed by atoms with E-state index in [0.717, 1.165) is 12.4 Å². The maximum Gasteiger partial charge on any atom is 0.319 e. The molecule has 0 fully saturated rings. The van der Waals surface area contributed by atoms with Crippen molar-refractivity contribution >= 4 is 11.7 Å². The van der Waals surface area contributed by atoms with Crippen LogP contribution in [0.1, 0.15) is 11.4 Å². The Bertz CT molecular complexity index is 830. The van der Waals surface area contributed by atoms with Gasteiger partial charge in [0.05, 0.1) is 13.7 Å². The van der Waals surface area contributed by atoms with Crippen LogP contribution in [0.4, 0.5) is 10.5 Å². The lowest BCUT2D eigenvalue weighted by Crippen LogP contribution is -2.29. The Morgan fingerprint density at radius 1 is 1.16 bits per heavy atom. The van der Waals surface area contributed by atoms with E-state index in [2.05, 4.69) is 27.8 Å². The maximum atomic E-state index is 12.1. The Balaban J connectivity index is 1.56. The van der Waals surface area contributed by atoms with Gasteiger partial charge in [-0.1, -0.05) is 36.4 Å². The number of hydrogen-bond acceptors (Lipinski definition) is 3. The number of ether oxygens (including phenoxy) is 1. The van der Waals surface area contributed by atoms with Crippen LogP contribution in [0.2, 0.25) is 0 Å². The SMILES string of the molecule is COc1cccc(NC(=O)NCc2nccn2Cc2ccccc2)c1. The highest BCUT2D eigenvalue weighted by Gasteiger charge is 2.07. The Labute approximate surface area is 146 Å². The minimum Gasteiger partial charge on any atom is -0.497 e. The third kappa shape index (κ3) is 4.60. The highest BCUT2D eigenvalue weighted by Crippen LogP contribution is 2.16. The summed E-state index contributed by atoms with van der Waals surface area (Å²) in [5, 5.41) is 5.60. The van der Waals surface area contributed by atoms with Crippen molar-refractivity contribution in [3.8, 4) is 5.75 Å². The molecule has 0 atom stereocenters. The van der Waals surface area contributed by atoms with Gasteiger partial charge in [0.25, 0.3) is 0 Å². The summed E-state index contributed by atoms with van der Waals surface area (Å²) >= 11 is 0. The molecule has 1 heterocycles. The molecule has 6 nitrogen and oxygen atoms in total. The number of aromatic nitrogens is 2. The Morgan fingerprint density at radius 2 is 2.00 bits per heavy atom. The zero-order valence-corrected chi connectivity index (χ0v) is 14.0. The molecule has 0 spiro atoms. The molecule has 1 aromatic heterocycles. The fourth-order valence-electron chi connectivity index (χ4n) is 2.47. The Hall–Kier alpha value is -3.28. The van der Waals surface area contributed by atoms with Gasteiger partial charge in [-0.05, 0) is 17.7 Å². The van der Waals surface area contributed by atoms with Crippen molar-refractivity contribution in [1.29, 1.82) is 0 Å². The van der Waals surface area contributed by atoms with Gasteiger partial charge in [0.15, 0.2) is 0 Å². The molecule has 0 aliphatic rings. The van der Waals surface area contributed by atoms with Crippen molar-refractivity contribution < 1.29 is 9.53 Å². The highest BCUT2D eigenvalue weighted by molar-refractivity contribution is 5.89. The second kappa shape index (κ2) is 8.01. The molecule has 0 unspecified atom stereocenters. The van der Waals surface area contributed by atoms with Crippen LogP contribution in [0.3, 0.4) is 0 Å². The Morgan fingerprint density at radius 3 is 2.80 bits per heavy atom. The van der Waals surface area contributed by atoms with Gasteiger partial charge in [-0.3, -0.25) is 0 Å². The molecule has 3 rings (SSSR count). The van der Waals surface area contributed by atoms with Crippen LogP contribution in [0.5, 0.6) is 5.75 Å². The maximum absolute atomic E-state index is 12.1. The molecule has 0 aliphatic heterocycles. The number of amides is 2. The smallest absolute Gasteiger partial charge is 0.319 e. The molecule has 2 aromatic carbocycles. The summed E-state index contributed by atoms with van der Waals surface area (Å²) in [6, 6.07) is 17.0. The number of rotatable bonds is 6. The van der Waals surface area contributed by atoms with Gasteiger partial charge >= 0.3 is 6.03 Å². The fourth-order valence-corrected chi connectivity index (χ4v) is 2.47. The quantitative estimate of drug-likeness (QED) is 0.726. The average Bonchev–Trinajstić information content (AvgIpc) is 3.08. The first-order valence-corrected chi connectivity index (χ1v) is 7.97. The number of methoxy groups -OCH3 is 1. The average molecular weight is 336 g/mol. The van der Waals surface area contributed by atoms with E-state index in [9.17, 15) is 4.79 Å². The summed E-state index contributed by atoms with van der Waals surface area (Å²) in [5.41, 5.74) is 1.85. The fraction of sp³-hybridized carbons (Fsp3) is 0.158. The summed E-state index contributed by atoms with van der Waals surface area (Å²) in [6.45, 7) is 1.06. The minimum atomic E-state index is -0.289. The van der Waals surface area contributed by atoms with Crippen molar-refractivity contribution in [2.75, 3.05) is 12.4 Å². The predicted molar refractivity (Wildman–Crippen MR) is 96.6 cm³/mol. The second-order valence-corrected chi connectivity index (χ2v) is 5.50. The van der Waals surface area contributed by atoms with Crippen molar-refractivity contribution in [1.82, 2.24) is 14.9 Å². The number of carbonyl (C=O) groups is 1. The summed E-state index contributed by atoms with van der Waals surface area (Å²) in [4.78, 5) is 16.4. The number of nitrogens with one attached hydrogen (secondary N) is 2. The standard InChI is InChI=1S/C19H20N4O2/c1-25-17-9-5-8-16(12-17)22-19(24)21-13-18-20-10-11-23(18)14-15-6-3-2-4-7-15/h2-12H,13-14H2,1H3,(H2,21,22,24). The topological polar surface area (TPSA) is 68.2 Å². The molecule has 0 bridgehead atoms. The van der Waals surface area contributed by atoms with Gasteiger partial charge in [-0.2, -0.15) is 0 Å². The van der Waals surface area contributed by atoms with Gasteiger partial charge in [0.2, 0.25) is 0 Å². The molecule has 0 radical (unpaired) electrons. The lowest BCUT2D eigenvalue weighted by Gasteiger charge is -2.10. The van der Waals surface area contributed by atoms with Crippen LogP contribution in [-0.2, 0) is 13.1 Å². The van der Waals surface area contributed by atoms with Gasteiger partial charge in [0.1, 0.15) is 11.6 Å². The van der Waals surface area contributed by atoms with Crippen LogP contribution in [-0.4, -0.2) is 22.7 Å². The van der Waals surface area contributed by atoms with E-state index in [4.69, 9.17) is 4.74 Å². The van der Waals surface area contributed by atoms with E-state index in [1.54, 1.807) is 25.4 Å². The summed E-state index contributed by atoms with van der Waals surface area (Å²) in [7, 11) is 1.59. The molecule has 128 valence electrons. The van der Waals surface area contributed by atoms with Crippen molar-refractivity contribution in [3.63, 3.8) is 0 Å². The largest absolute Gasteiger partial charge is 0.497 e. The Kier molecular flexibility index (Phi) is 5.31. The number of carbonyl (C=O) groups excluding carboxylic acids is 1. The summed E-state index contributed by atoms with van der Waals surface area (Å²) in [6.07, 6.45) is 3.64. The molecule has 0 aliphatic carbocycles. The van der Waals surface area contributed by atoms with Crippen LogP contribution < -0.4 is 15.4 Å². The molecular formula is C19H20N4O2. The molecule has 0 saturated heterocycles. The van der Waals surface area contributed by atoms with E-state index >= 15 is 0 Å². The first kappa shape index (κ1) is 16.6. The van der Waals surface area contributed by atoms with Crippen LogP contribution in [0.25, 0.3) is 0 Å². The third-order valence-electron chi connectivity index (χ3n) is 3.73. The number of nitrogens with zero attached hydrogens (tertiary/aromatic N) is 2. The van der Waals surface area contributed by atoms with E-state index in [1.807, 2.05) is 41.1 Å². The number of imidazole rings is 1. The molecule has 2 N–H and O–H groups in total. The third-order valence-corrected chi connectivity index (χ3v) is 3.73. The van der Waals surface area contributed by atoms with Crippen LogP contribution >= 0.6 is 0 Å². The van der Waals surface area contributed by atoms with E-state index < -0.39 is 0 Å². The van der Waals surface area contributed by atoms with Gasteiger partial charge < -0.3 is 19.9 Å². The molecule has 25 heavy (non-hydrogen) atoms. The lowest BCUT2D eigenvalue weighted by molar-refractivity contribution is 0.251. The van der Waals surface area contributed by atoms with Crippen molar-refractivity contribution in [3.05, 3.63) is 78.4 Å². The van der Waals surface area contributed by atoms with Crippen LogP contribution in [0.15, 0.2) is 67.0 Å². The zero-order chi connectivity index (χ0) is 17.5. The molecule has 3 aromatic rings. The van der Waals surface area contributed by atoms with E-state index in [0.29, 0.717) is 18.0 Å². The highest BCUT2D eigenvalue weighted by atomic mass is 16.5. The lowest BCUT2D eigenvalue weighted by atomic mass is 10.2. The zero-order valence-electron chi connectivity index (χ0n) is 14.0.